The molecular weight excluding hydrogens is 231 g/mol. The molecule has 1 saturated heterocycles. The van der Waals surface area contributed by atoms with Gasteiger partial charge in [-0.3, -0.25) is 0 Å². The quantitative estimate of drug-likeness (QED) is 0.804. The molecule has 17 heavy (non-hydrogen) atoms. The number of ether oxygens (including phenoxy) is 2. The van der Waals surface area contributed by atoms with Crippen LogP contribution in [-0.4, -0.2) is 29.8 Å². The van der Waals surface area contributed by atoms with Crippen molar-refractivity contribution in [3.8, 4) is 5.75 Å². The largest absolute Gasteiger partial charge is 0.478 e. The second-order valence-corrected chi connectivity index (χ2v) is 3.48. The van der Waals surface area contributed by atoms with E-state index in [0.29, 0.717) is 6.42 Å². The number of carbonyl (C=O) groups is 2. The Morgan fingerprint density at radius 2 is 2.29 bits per heavy atom. The van der Waals surface area contributed by atoms with E-state index in [9.17, 15) is 14.0 Å². The summed E-state index contributed by atoms with van der Waals surface area (Å²) < 4.78 is 23.1. The summed E-state index contributed by atoms with van der Waals surface area (Å²) in [6, 6.07) is 3.64. The summed E-state index contributed by atoms with van der Waals surface area (Å²) >= 11 is 0. The Bertz CT molecular complexity index is 471. The van der Waals surface area contributed by atoms with Gasteiger partial charge in [0.25, 0.3) is 0 Å². The molecule has 1 heterocycles. The number of cyclic esters (lactones) is 1. The Morgan fingerprint density at radius 1 is 1.53 bits per heavy atom. The van der Waals surface area contributed by atoms with Crippen molar-refractivity contribution in [2.75, 3.05) is 6.61 Å². The zero-order valence-corrected chi connectivity index (χ0v) is 8.68. The summed E-state index contributed by atoms with van der Waals surface area (Å²) in [4.78, 5) is 22.0. The van der Waals surface area contributed by atoms with Gasteiger partial charge in [-0.2, -0.15) is 0 Å². The van der Waals surface area contributed by atoms with Crippen LogP contribution >= 0.6 is 0 Å². The Balaban J connectivity index is 2.29. The van der Waals surface area contributed by atoms with Crippen LogP contribution in [0.2, 0.25) is 0 Å². The Hall–Kier alpha value is -2.11. The van der Waals surface area contributed by atoms with E-state index in [-0.39, 0.29) is 12.4 Å². The van der Waals surface area contributed by atoms with E-state index in [1.54, 1.807) is 0 Å². The van der Waals surface area contributed by atoms with E-state index < -0.39 is 29.4 Å². The minimum atomic E-state index is -1.44. The zero-order chi connectivity index (χ0) is 12.4. The van der Waals surface area contributed by atoms with Crippen LogP contribution in [-0.2, 0) is 9.53 Å². The fourth-order valence-electron chi connectivity index (χ4n) is 1.55. The maximum Gasteiger partial charge on any atom is 0.347 e. The molecule has 90 valence electrons. The number of carbonyl (C=O) groups excluding carboxylic acids is 1. The van der Waals surface area contributed by atoms with Crippen molar-refractivity contribution in [2.24, 2.45) is 0 Å². The minimum absolute atomic E-state index is 0.165. The molecule has 1 N–H and O–H groups in total. The average molecular weight is 240 g/mol. The fourth-order valence-corrected chi connectivity index (χ4v) is 1.55. The third-order valence-corrected chi connectivity index (χ3v) is 2.35. The lowest BCUT2D eigenvalue weighted by Gasteiger charge is -2.12. The van der Waals surface area contributed by atoms with Gasteiger partial charge in [0.05, 0.1) is 6.61 Å². The van der Waals surface area contributed by atoms with Gasteiger partial charge in [-0.1, -0.05) is 6.07 Å². The number of esters is 1. The number of rotatable bonds is 3. The number of aromatic carboxylic acids is 1. The third kappa shape index (κ3) is 2.20. The van der Waals surface area contributed by atoms with Crippen LogP contribution in [0.5, 0.6) is 5.75 Å². The van der Waals surface area contributed by atoms with Crippen LogP contribution in [0, 0.1) is 5.82 Å². The van der Waals surface area contributed by atoms with Crippen molar-refractivity contribution in [3.05, 3.63) is 29.6 Å². The molecule has 1 aliphatic heterocycles. The van der Waals surface area contributed by atoms with E-state index >= 15 is 0 Å². The number of benzene rings is 1. The van der Waals surface area contributed by atoms with Gasteiger partial charge in [-0.05, 0) is 12.1 Å². The van der Waals surface area contributed by atoms with Crippen molar-refractivity contribution in [1.82, 2.24) is 0 Å². The van der Waals surface area contributed by atoms with Crippen molar-refractivity contribution in [3.63, 3.8) is 0 Å². The normalized spacial score (nSPS) is 18.9. The molecule has 0 saturated carbocycles. The number of hydrogen-bond acceptors (Lipinski definition) is 4. The lowest BCUT2D eigenvalue weighted by molar-refractivity contribution is -0.143. The molecule has 5 nitrogen and oxygen atoms in total. The van der Waals surface area contributed by atoms with Gasteiger partial charge in [-0.25, -0.2) is 14.0 Å². The summed E-state index contributed by atoms with van der Waals surface area (Å²) in [5.41, 5.74) is -0.577. The topological polar surface area (TPSA) is 72.8 Å². The first-order chi connectivity index (χ1) is 8.09. The molecule has 1 atom stereocenters. The summed E-state index contributed by atoms with van der Waals surface area (Å²) in [7, 11) is 0. The van der Waals surface area contributed by atoms with Crippen molar-refractivity contribution in [2.45, 2.75) is 12.5 Å². The van der Waals surface area contributed by atoms with Crippen LogP contribution < -0.4 is 4.74 Å². The first-order valence-corrected chi connectivity index (χ1v) is 4.94. The lowest BCUT2D eigenvalue weighted by Crippen LogP contribution is -2.23. The summed E-state index contributed by atoms with van der Waals surface area (Å²) in [6.45, 7) is 0.223. The number of hydrogen-bond donors (Lipinski definition) is 1. The van der Waals surface area contributed by atoms with Crippen LogP contribution in [0.25, 0.3) is 0 Å². The van der Waals surface area contributed by atoms with E-state index in [4.69, 9.17) is 9.84 Å². The highest BCUT2D eigenvalue weighted by Gasteiger charge is 2.30. The molecule has 1 unspecified atom stereocenters. The molecule has 1 aromatic rings. The lowest BCUT2D eigenvalue weighted by atomic mass is 10.2. The Morgan fingerprint density at radius 3 is 2.88 bits per heavy atom. The predicted molar refractivity (Wildman–Crippen MR) is 53.4 cm³/mol. The molecular formula is C11H9FO5. The SMILES string of the molecule is O=C(O)c1c(F)cccc1OC1CCOC1=O. The molecule has 1 aromatic carbocycles. The maximum atomic E-state index is 13.3. The monoisotopic (exact) mass is 240 g/mol. The van der Waals surface area contributed by atoms with Crippen molar-refractivity contribution < 1.29 is 28.6 Å². The highest BCUT2D eigenvalue weighted by atomic mass is 19.1. The summed E-state index contributed by atoms with van der Waals surface area (Å²) in [5, 5.41) is 8.85. The Kier molecular flexibility index (Phi) is 2.95. The smallest absolute Gasteiger partial charge is 0.347 e. The summed E-state index contributed by atoms with van der Waals surface area (Å²) in [6.07, 6.45) is -0.538. The zero-order valence-electron chi connectivity index (χ0n) is 8.68. The van der Waals surface area contributed by atoms with Gasteiger partial charge >= 0.3 is 11.9 Å². The van der Waals surface area contributed by atoms with Crippen LogP contribution in [0.4, 0.5) is 4.39 Å². The van der Waals surface area contributed by atoms with Gasteiger partial charge in [0.1, 0.15) is 17.1 Å². The van der Waals surface area contributed by atoms with Gasteiger partial charge in [0, 0.05) is 6.42 Å². The average Bonchev–Trinajstić information content (AvgIpc) is 2.64. The molecule has 0 spiro atoms. The van der Waals surface area contributed by atoms with E-state index in [1.165, 1.54) is 12.1 Å². The predicted octanol–water partition coefficient (Wildman–Crippen LogP) is 1.22. The second kappa shape index (κ2) is 4.40. The molecule has 0 amide bonds. The Labute approximate surface area is 95.8 Å². The first kappa shape index (κ1) is 11.4. The molecule has 1 aliphatic rings. The van der Waals surface area contributed by atoms with Crippen LogP contribution in [0.3, 0.4) is 0 Å². The first-order valence-electron chi connectivity index (χ1n) is 4.94. The second-order valence-electron chi connectivity index (χ2n) is 3.48. The highest BCUT2D eigenvalue weighted by Crippen LogP contribution is 2.24. The van der Waals surface area contributed by atoms with E-state index in [2.05, 4.69) is 4.74 Å². The molecule has 2 rings (SSSR count). The molecule has 1 fully saturated rings. The van der Waals surface area contributed by atoms with Crippen molar-refractivity contribution in [1.29, 1.82) is 0 Å². The van der Waals surface area contributed by atoms with Crippen LogP contribution in [0.15, 0.2) is 18.2 Å². The standard InChI is InChI=1S/C11H9FO5/c12-6-2-1-3-7(9(6)10(13)14)17-8-4-5-16-11(8)15/h1-3,8H,4-5H2,(H,13,14). The molecule has 0 aromatic heterocycles. The van der Waals surface area contributed by atoms with E-state index in [1.807, 2.05) is 0 Å². The van der Waals surface area contributed by atoms with Gasteiger partial charge in [0.2, 0.25) is 0 Å². The maximum absolute atomic E-state index is 13.3. The molecule has 0 radical (unpaired) electrons. The summed E-state index contributed by atoms with van der Waals surface area (Å²) in [5.74, 6) is -3.07. The number of carboxylic acids is 1. The fraction of sp³-hybridized carbons (Fsp3) is 0.273. The van der Waals surface area contributed by atoms with E-state index in [0.717, 1.165) is 6.07 Å². The molecule has 0 aliphatic carbocycles. The number of carboxylic acid groups (broad SMARTS) is 1. The van der Waals surface area contributed by atoms with Crippen molar-refractivity contribution >= 4 is 11.9 Å². The number of halogens is 1. The highest BCUT2D eigenvalue weighted by molar-refractivity contribution is 5.91. The van der Waals surface area contributed by atoms with Gasteiger partial charge in [-0.15, -0.1) is 0 Å². The third-order valence-electron chi connectivity index (χ3n) is 2.35. The van der Waals surface area contributed by atoms with Gasteiger partial charge in [0.15, 0.2) is 6.10 Å². The molecule has 0 bridgehead atoms. The van der Waals surface area contributed by atoms with Crippen LogP contribution in [0.1, 0.15) is 16.8 Å². The molecule has 6 heteroatoms. The minimum Gasteiger partial charge on any atom is -0.478 e. The van der Waals surface area contributed by atoms with Gasteiger partial charge < -0.3 is 14.6 Å².